The molecule has 0 aliphatic carbocycles. The van der Waals surface area contributed by atoms with Crippen LogP contribution in [0.4, 0.5) is 0 Å². The van der Waals surface area contributed by atoms with Gasteiger partial charge in [0.1, 0.15) is 5.75 Å². The highest BCUT2D eigenvalue weighted by Crippen LogP contribution is 2.40. The lowest BCUT2D eigenvalue weighted by molar-refractivity contribution is 0.322. The first kappa shape index (κ1) is 24.1. The lowest BCUT2D eigenvalue weighted by Crippen LogP contribution is -2.14. The van der Waals surface area contributed by atoms with Crippen LogP contribution >= 0.6 is 0 Å². The highest BCUT2D eigenvalue weighted by atomic mass is 16.3. The number of phenols is 1. The van der Waals surface area contributed by atoms with Crippen molar-refractivity contribution >= 4 is 0 Å². The van der Waals surface area contributed by atoms with Gasteiger partial charge in [0.25, 0.3) is 0 Å². The number of para-hydroxylation sites is 1. The molecular formula is C26H46O. The van der Waals surface area contributed by atoms with Crippen molar-refractivity contribution < 1.29 is 5.11 Å². The van der Waals surface area contributed by atoms with E-state index < -0.39 is 0 Å². The lowest BCUT2D eigenvalue weighted by Gasteiger charge is -2.28. The Morgan fingerprint density at radius 2 is 1.19 bits per heavy atom. The monoisotopic (exact) mass is 374 g/mol. The highest BCUT2D eigenvalue weighted by molar-refractivity contribution is 5.35. The van der Waals surface area contributed by atoms with Gasteiger partial charge < -0.3 is 5.11 Å². The average molecular weight is 375 g/mol. The van der Waals surface area contributed by atoms with Crippen LogP contribution < -0.4 is 0 Å². The molecule has 0 bridgehead atoms. The van der Waals surface area contributed by atoms with E-state index in [9.17, 15) is 5.11 Å². The van der Waals surface area contributed by atoms with Gasteiger partial charge >= 0.3 is 0 Å². The largest absolute Gasteiger partial charge is 0.508 e. The van der Waals surface area contributed by atoms with Gasteiger partial charge in [0, 0.05) is 0 Å². The molecule has 156 valence electrons. The van der Waals surface area contributed by atoms with E-state index in [1.807, 2.05) is 12.1 Å². The lowest BCUT2D eigenvalue weighted by atomic mass is 9.77. The maximum Gasteiger partial charge on any atom is 0.119 e. The molecule has 0 aliphatic rings. The fourth-order valence-electron chi connectivity index (χ4n) is 4.52. The number of benzene rings is 1. The minimum absolute atomic E-state index is 0.514. The fraction of sp³-hybridized carbons (Fsp3) is 0.769. The van der Waals surface area contributed by atoms with Crippen LogP contribution in [0, 0.1) is 5.92 Å². The molecule has 1 N–H and O–H groups in total. The Morgan fingerprint density at radius 3 is 1.81 bits per heavy atom. The fourth-order valence-corrected chi connectivity index (χ4v) is 4.52. The van der Waals surface area contributed by atoms with E-state index in [0.717, 1.165) is 5.92 Å². The van der Waals surface area contributed by atoms with Crippen LogP contribution in [0.3, 0.4) is 0 Å². The molecule has 2 unspecified atom stereocenters. The van der Waals surface area contributed by atoms with Gasteiger partial charge in [-0.3, -0.25) is 0 Å². The Hall–Kier alpha value is -0.980. The average Bonchev–Trinajstić information content (AvgIpc) is 2.68. The van der Waals surface area contributed by atoms with Crippen LogP contribution in [0.25, 0.3) is 0 Å². The van der Waals surface area contributed by atoms with Crippen molar-refractivity contribution in [2.45, 2.75) is 123 Å². The number of rotatable bonds is 17. The van der Waals surface area contributed by atoms with Crippen LogP contribution in [0.1, 0.15) is 129 Å². The maximum absolute atomic E-state index is 10.5. The Kier molecular flexibility index (Phi) is 14.3. The summed E-state index contributed by atoms with van der Waals surface area (Å²) in [5.74, 6) is 1.77. The summed E-state index contributed by atoms with van der Waals surface area (Å²) in [4.78, 5) is 0. The van der Waals surface area contributed by atoms with Gasteiger partial charge in [-0.1, -0.05) is 122 Å². The number of aromatic hydroxyl groups is 1. The zero-order valence-corrected chi connectivity index (χ0v) is 18.5. The van der Waals surface area contributed by atoms with Gasteiger partial charge in [0.05, 0.1) is 0 Å². The quantitative estimate of drug-likeness (QED) is 0.270. The summed E-state index contributed by atoms with van der Waals surface area (Å²) in [5.41, 5.74) is 1.21. The smallest absolute Gasteiger partial charge is 0.119 e. The molecule has 0 aliphatic heterocycles. The molecule has 0 saturated carbocycles. The van der Waals surface area contributed by atoms with Crippen LogP contribution in [0.5, 0.6) is 5.75 Å². The third-order valence-corrected chi connectivity index (χ3v) is 6.11. The molecule has 0 amide bonds. The summed E-state index contributed by atoms with van der Waals surface area (Å²) in [6, 6.07) is 8.12. The molecule has 0 saturated heterocycles. The van der Waals surface area contributed by atoms with Crippen molar-refractivity contribution in [3.8, 4) is 5.75 Å². The summed E-state index contributed by atoms with van der Waals surface area (Å²) >= 11 is 0. The van der Waals surface area contributed by atoms with Crippen molar-refractivity contribution in [2.24, 2.45) is 5.92 Å². The number of phenolic OH excluding ortho intramolecular Hbond substituents is 1. The normalized spacial score (nSPS) is 13.6. The third-order valence-electron chi connectivity index (χ3n) is 6.11. The summed E-state index contributed by atoms with van der Waals surface area (Å²) in [7, 11) is 0. The van der Waals surface area contributed by atoms with Gasteiger partial charge in [-0.05, 0) is 36.3 Å². The molecule has 1 aromatic rings. The molecule has 27 heavy (non-hydrogen) atoms. The van der Waals surface area contributed by atoms with E-state index in [-0.39, 0.29) is 0 Å². The molecule has 1 heteroatoms. The minimum atomic E-state index is 0.514. The molecule has 0 aromatic heterocycles. The standard InChI is InChI=1S/C26H46O/c1-4-7-9-11-12-13-15-20-24(25-21-16-17-22-26(25)27)23(18-6-3)19-14-10-8-5-2/h16-17,21-24,27H,4-15,18-20H2,1-3H3. The number of hydrogen-bond donors (Lipinski definition) is 1. The SMILES string of the molecule is CCCCCCCCCC(c1ccccc1O)C(CCC)CCCCCC. The molecular weight excluding hydrogens is 328 g/mol. The second kappa shape index (κ2) is 16.0. The molecule has 1 nitrogen and oxygen atoms in total. The molecule has 2 atom stereocenters. The number of unbranched alkanes of at least 4 members (excludes halogenated alkanes) is 9. The molecule has 1 rings (SSSR count). The van der Waals surface area contributed by atoms with E-state index in [0.29, 0.717) is 11.7 Å². The van der Waals surface area contributed by atoms with E-state index in [1.165, 1.54) is 102 Å². The zero-order chi connectivity index (χ0) is 19.7. The van der Waals surface area contributed by atoms with E-state index >= 15 is 0 Å². The Bertz CT molecular complexity index is 453. The van der Waals surface area contributed by atoms with Crippen molar-refractivity contribution in [1.29, 1.82) is 0 Å². The van der Waals surface area contributed by atoms with Gasteiger partial charge in [0.2, 0.25) is 0 Å². The number of hydrogen-bond acceptors (Lipinski definition) is 1. The van der Waals surface area contributed by atoms with Gasteiger partial charge in [-0.15, -0.1) is 0 Å². The van der Waals surface area contributed by atoms with Gasteiger partial charge in [0.15, 0.2) is 0 Å². The summed E-state index contributed by atoms with van der Waals surface area (Å²) < 4.78 is 0. The van der Waals surface area contributed by atoms with Crippen LogP contribution in [0.15, 0.2) is 24.3 Å². The molecule has 0 fully saturated rings. The first-order valence-electron chi connectivity index (χ1n) is 12.0. The molecule has 0 spiro atoms. The third kappa shape index (κ3) is 10.2. The Morgan fingerprint density at radius 1 is 0.630 bits per heavy atom. The Labute approximate surface area is 170 Å². The zero-order valence-electron chi connectivity index (χ0n) is 18.5. The molecule has 0 radical (unpaired) electrons. The predicted molar refractivity (Wildman–Crippen MR) is 121 cm³/mol. The van der Waals surface area contributed by atoms with E-state index in [1.54, 1.807) is 0 Å². The minimum Gasteiger partial charge on any atom is -0.508 e. The summed E-state index contributed by atoms with van der Waals surface area (Å²) in [6.07, 6.45) is 20.0. The predicted octanol–water partition coefficient (Wildman–Crippen LogP) is 9.00. The van der Waals surface area contributed by atoms with Crippen molar-refractivity contribution in [3.05, 3.63) is 29.8 Å². The van der Waals surface area contributed by atoms with Crippen LogP contribution in [-0.4, -0.2) is 5.11 Å². The van der Waals surface area contributed by atoms with Gasteiger partial charge in [-0.2, -0.15) is 0 Å². The first-order chi connectivity index (χ1) is 13.2. The maximum atomic E-state index is 10.5. The summed E-state index contributed by atoms with van der Waals surface area (Å²) in [5, 5.41) is 10.5. The highest BCUT2D eigenvalue weighted by Gasteiger charge is 2.24. The molecule has 0 heterocycles. The first-order valence-corrected chi connectivity index (χ1v) is 12.0. The second-order valence-electron chi connectivity index (χ2n) is 8.47. The van der Waals surface area contributed by atoms with E-state index in [2.05, 4.69) is 32.9 Å². The van der Waals surface area contributed by atoms with E-state index in [4.69, 9.17) is 0 Å². The van der Waals surface area contributed by atoms with Crippen LogP contribution in [-0.2, 0) is 0 Å². The molecule has 1 aromatic carbocycles. The summed E-state index contributed by atoms with van der Waals surface area (Å²) in [6.45, 7) is 6.88. The topological polar surface area (TPSA) is 20.2 Å². The van der Waals surface area contributed by atoms with Crippen molar-refractivity contribution in [2.75, 3.05) is 0 Å². The van der Waals surface area contributed by atoms with Crippen LogP contribution in [0.2, 0.25) is 0 Å². The Balaban J connectivity index is 2.66. The second-order valence-corrected chi connectivity index (χ2v) is 8.47. The van der Waals surface area contributed by atoms with Gasteiger partial charge in [-0.25, -0.2) is 0 Å². The van der Waals surface area contributed by atoms with Crippen molar-refractivity contribution in [1.82, 2.24) is 0 Å². The van der Waals surface area contributed by atoms with Crippen molar-refractivity contribution in [3.63, 3.8) is 0 Å².